The van der Waals surface area contributed by atoms with Crippen LogP contribution in [0, 0.1) is 0 Å². The number of halogens is 1. The fourth-order valence-corrected chi connectivity index (χ4v) is 3.38. The molecule has 0 heterocycles. The summed E-state index contributed by atoms with van der Waals surface area (Å²) in [5, 5.41) is 0. The van der Waals surface area contributed by atoms with E-state index in [1.165, 1.54) is 19.3 Å². The van der Waals surface area contributed by atoms with Crippen molar-refractivity contribution in [2.75, 3.05) is 13.2 Å². The Morgan fingerprint density at radius 2 is 1.78 bits per heavy atom. The summed E-state index contributed by atoms with van der Waals surface area (Å²) in [5.41, 5.74) is 1.13. The first kappa shape index (κ1) is 23.9. The Hall–Kier alpha value is -1.13. The third kappa shape index (κ3) is 12.0. The number of hydrogen-bond acceptors (Lipinski definition) is 3. The lowest BCUT2D eigenvalue weighted by Gasteiger charge is -2.09. The van der Waals surface area contributed by atoms with Gasteiger partial charge in [0.2, 0.25) is 0 Å². The van der Waals surface area contributed by atoms with Crippen LogP contribution in [0.25, 0.3) is 0 Å². The Kier molecular flexibility index (Phi) is 14.1. The van der Waals surface area contributed by atoms with Crippen LogP contribution in [-0.4, -0.2) is 19.0 Å². The number of benzene rings is 1. The summed E-state index contributed by atoms with van der Waals surface area (Å²) >= 11 is 3.52. The predicted molar refractivity (Wildman–Crippen MR) is 116 cm³/mol. The molecular weight excluding hydrogens is 404 g/mol. The zero-order valence-corrected chi connectivity index (χ0v) is 18.4. The summed E-state index contributed by atoms with van der Waals surface area (Å²) in [6, 6.07) is 6.01. The number of hydrogen-bond donors (Lipinski definition) is 0. The Morgan fingerprint density at radius 3 is 2.44 bits per heavy atom. The molecule has 1 aromatic carbocycles. The standard InChI is InChI=1S/C23H35BrO3/c1-3-5-6-9-12-21(25)13-10-7-8-11-17-26-19-20-14-15-23(22(24)18-20)27-16-4-2/h4,14-15,18H,2-3,5-13,16-17,19H2,1H3. The smallest absolute Gasteiger partial charge is 0.133 e. The zero-order valence-electron chi connectivity index (χ0n) is 16.8. The molecule has 0 radical (unpaired) electrons. The van der Waals surface area contributed by atoms with Gasteiger partial charge in [0.05, 0.1) is 11.1 Å². The van der Waals surface area contributed by atoms with Gasteiger partial charge < -0.3 is 9.47 Å². The summed E-state index contributed by atoms with van der Waals surface area (Å²) in [4.78, 5) is 11.8. The minimum Gasteiger partial charge on any atom is -0.488 e. The molecule has 0 saturated carbocycles. The van der Waals surface area contributed by atoms with Gasteiger partial charge >= 0.3 is 0 Å². The maximum atomic E-state index is 11.8. The number of ether oxygens (including phenoxy) is 2. The molecule has 1 rings (SSSR count). The average molecular weight is 439 g/mol. The van der Waals surface area contributed by atoms with Gasteiger partial charge in [-0.15, -0.1) is 0 Å². The normalized spacial score (nSPS) is 10.7. The van der Waals surface area contributed by atoms with Gasteiger partial charge in [0.1, 0.15) is 18.1 Å². The highest BCUT2D eigenvalue weighted by Gasteiger charge is 2.03. The highest BCUT2D eigenvalue weighted by Crippen LogP contribution is 2.26. The van der Waals surface area contributed by atoms with Gasteiger partial charge in [-0.05, 0) is 52.9 Å². The van der Waals surface area contributed by atoms with Crippen LogP contribution >= 0.6 is 15.9 Å². The summed E-state index contributed by atoms with van der Waals surface area (Å²) in [7, 11) is 0. The molecule has 0 aliphatic carbocycles. The van der Waals surface area contributed by atoms with Gasteiger partial charge in [-0.1, -0.05) is 57.7 Å². The molecule has 27 heavy (non-hydrogen) atoms. The van der Waals surface area contributed by atoms with Crippen LogP contribution in [0.2, 0.25) is 0 Å². The summed E-state index contributed by atoms with van der Waals surface area (Å²) in [5.74, 6) is 1.26. The van der Waals surface area contributed by atoms with Gasteiger partial charge in [0.25, 0.3) is 0 Å². The van der Waals surface area contributed by atoms with Crippen molar-refractivity contribution in [3.05, 3.63) is 40.9 Å². The lowest BCUT2D eigenvalue weighted by atomic mass is 10.0. The molecule has 0 fully saturated rings. The lowest BCUT2D eigenvalue weighted by molar-refractivity contribution is -0.119. The van der Waals surface area contributed by atoms with Gasteiger partial charge in [-0.2, -0.15) is 0 Å². The lowest BCUT2D eigenvalue weighted by Crippen LogP contribution is -1.99. The van der Waals surface area contributed by atoms with Gasteiger partial charge in [-0.25, -0.2) is 0 Å². The fourth-order valence-electron chi connectivity index (χ4n) is 2.84. The van der Waals surface area contributed by atoms with E-state index >= 15 is 0 Å². The molecule has 0 unspecified atom stereocenters. The Morgan fingerprint density at radius 1 is 1.07 bits per heavy atom. The van der Waals surface area contributed by atoms with Crippen molar-refractivity contribution in [2.45, 2.75) is 77.7 Å². The molecule has 3 nitrogen and oxygen atoms in total. The van der Waals surface area contributed by atoms with Crippen LogP contribution in [0.15, 0.2) is 35.3 Å². The largest absolute Gasteiger partial charge is 0.488 e. The quantitative estimate of drug-likeness (QED) is 0.193. The first-order valence-corrected chi connectivity index (χ1v) is 11.1. The SMILES string of the molecule is C=CCOc1ccc(COCCCCCCC(=O)CCCCCC)cc1Br. The van der Waals surface area contributed by atoms with Crippen LogP contribution in [0.3, 0.4) is 0 Å². The van der Waals surface area contributed by atoms with Gasteiger partial charge in [0.15, 0.2) is 0 Å². The first-order valence-electron chi connectivity index (χ1n) is 10.3. The molecule has 1 aromatic rings. The summed E-state index contributed by atoms with van der Waals surface area (Å²) in [6.45, 7) is 7.71. The zero-order chi connectivity index (χ0) is 19.7. The van der Waals surface area contributed by atoms with Gasteiger partial charge in [0, 0.05) is 19.4 Å². The number of carbonyl (C=O) groups is 1. The highest BCUT2D eigenvalue weighted by atomic mass is 79.9. The van der Waals surface area contributed by atoms with E-state index in [9.17, 15) is 4.79 Å². The fraction of sp³-hybridized carbons (Fsp3) is 0.609. The van der Waals surface area contributed by atoms with Crippen molar-refractivity contribution < 1.29 is 14.3 Å². The van der Waals surface area contributed by atoms with Crippen LogP contribution in [0.1, 0.15) is 76.7 Å². The van der Waals surface area contributed by atoms with Crippen LogP contribution < -0.4 is 4.74 Å². The topological polar surface area (TPSA) is 35.5 Å². The first-order chi connectivity index (χ1) is 13.2. The van der Waals surface area contributed by atoms with E-state index in [0.29, 0.717) is 19.0 Å². The van der Waals surface area contributed by atoms with Crippen LogP contribution in [0.5, 0.6) is 5.75 Å². The minimum absolute atomic E-state index is 0.438. The van der Waals surface area contributed by atoms with E-state index in [0.717, 1.165) is 67.3 Å². The molecule has 0 atom stereocenters. The second-order valence-electron chi connectivity index (χ2n) is 6.93. The van der Waals surface area contributed by atoms with E-state index in [4.69, 9.17) is 9.47 Å². The number of carbonyl (C=O) groups excluding carboxylic acids is 1. The minimum atomic E-state index is 0.438. The molecule has 152 valence electrons. The van der Waals surface area contributed by atoms with E-state index in [1.807, 2.05) is 18.2 Å². The third-order valence-electron chi connectivity index (χ3n) is 4.43. The van der Waals surface area contributed by atoms with E-state index in [2.05, 4.69) is 29.4 Å². The molecule has 0 spiro atoms. The van der Waals surface area contributed by atoms with Crippen molar-refractivity contribution in [3.8, 4) is 5.75 Å². The molecule has 0 aromatic heterocycles. The van der Waals surface area contributed by atoms with E-state index in [-0.39, 0.29) is 0 Å². The molecule has 0 N–H and O–H groups in total. The van der Waals surface area contributed by atoms with Crippen LogP contribution in [-0.2, 0) is 16.1 Å². The van der Waals surface area contributed by atoms with Crippen molar-refractivity contribution >= 4 is 21.7 Å². The van der Waals surface area contributed by atoms with Crippen molar-refractivity contribution in [1.82, 2.24) is 0 Å². The van der Waals surface area contributed by atoms with E-state index < -0.39 is 0 Å². The average Bonchev–Trinajstić information content (AvgIpc) is 2.66. The Labute approximate surface area is 173 Å². The monoisotopic (exact) mass is 438 g/mol. The predicted octanol–water partition coefficient (Wildman–Crippen LogP) is 7.02. The molecule has 4 heteroatoms. The second-order valence-corrected chi connectivity index (χ2v) is 7.78. The molecular formula is C23H35BrO3. The molecule has 0 bridgehead atoms. The maximum Gasteiger partial charge on any atom is 0.133 e. The van der Waals surface area contributed by atoms with Crippen LogP contribution in [0.4, 0.5) is 0 Å². The molecule has 0 aliphatic rings. The second kappa shape index (κ2) is 15.9. The number of rotatable bonds is 17. The molecule has 0 saturated heterocycles. The highest BCUT2D eigenvalue weighted by molar-refractivity contribution is 9.10. The van der Waals surface area contributed by atoms with Crippen molar-refractivity contribution in [1.29, 1.82) is 0 Å². The van der Waals surface area contributed by atoms with Crippen molar-refractivity contribution in [3.63, 3.8) is 0 Å². The number of ketones is 1. The van der Waals surface area contributed by atoms with Crippen molar-refractivity contribution in [2.24, 2.45) is 0 Å². The molecule has 0 amide bonds. The number of unbranched alkanes of at least 4 members (excludes halogenated alkanes) is 6. The summed E-state index contributed by atoms with van der Waals surface area (Å²) in [6.07, 6.45) is 12.3. The Balaban J connectivity index is 2.02. The maximum absolute atomic E-state index is 11.8. The summed E-state index contributed by atoms with van der Waals surface area (Å²) < 4.78 is 12.2. The number of Topliss-reactive ketones (excluding diaryl/α,β-unsaturated/α-hetero) is 1. The van der Waals surface area contributed by atoms with Gasteiger partial charge in [-0.3, -0.25) is 4.79 Å². The van der Waals surface area contributed by atoms with E-state index in [1.54, 1.807) is 6.08 Å². The molecule has 0 aliphatic heterocycles. The Bertz CT molecular complexity index is 542. The third-order valence-corrected chi connectivity index (χ3v) is 5.04.